The minimum Gasteiger partial charge on any atom is -0.483 e. The van der Waals surface area contributed by atoms with E-state index in [1.807, 2.05) is 25.1 Å². The topological polar surface area (TPSA) is 64.1 Å². The van der Waals surface area contributed by atoms with E-state index in [2.05, 4.69) is 29.4 Å². The molecule has 5 nitrogen and oxygen atoms in total. The van der Waals surface area contributed by atoms with Gasteiger partial charge in [-0.15, -0.1) is 10.2 Å². The molecular formula is C21H22FN3O2S2. The highest BCUT2D eigenvalue weighted by molar-refractivity contribution is 8.00. The zero-order chi connectivity index (χ0) is 20.8. The van der Waals surface area contributed by atoms with Gasteiger partial charge in [-0.05, 0) is 41.7 Å². The quantitative estimate of drug-likeness (QED) is 0.381. The normalized spacial score (nSPS) is 10.9. The second-order valence-corrected chi connectivity index (χ2v) is 8.99. The third-order valence-electron chi connectivity index (χ3n) is 4.11. The first kappa shape index (κ1) is 21.3. The molecule has 1 aromatic heterocycles. The lowest BCUT2D eigenvalue weighted by molar-refractivity contribution is -0.118. The minimum absolute atomic E-state index is 0.111. The van der Waals surface area contributed by atoms with Crippen LogP contribution in [0.2, 0.25) is 0 Å². The molecule has 0 spiro atoms. The Hall–Kier alpha value is -2.45. The summed E-state index contributed by atoms with van der Waals surface area (Å²) in [4.78, 5) is 12.2. The summed E-state index contributed by atoms with van der Waals surface area (Å²) in [7, 11) is 0. The minimum atomic E-state index is -0.303. The van der Waals surface area contributed by atoms with Gasteiger partial charge in [-0.3, -0.25) is 10.1 Å². The number of amides is 1. The van der Waals surface area contributed by atoms with Gasteiger partial charge in [-0.1, -0.05) is 67.3 Å². The molecule has 1 amide bonds. The molecule has 1 N–H and O–H groups in total. The van der Waals surface area contributed by atoms with Crippen LogP contribution < -0.4 is 10.1 Å². The van der Waals surface area contributed by atoms with E-state index >= 15 is 0 Å². The van der Waals surface area contributed by atoms with E-state index in [1.165, 1.54) is 29.2 Å². The van der Waals surface area contributed by atoms with E-state index in [1.54, 1.807) is 18.2 Å². The molecule has 152 valence electrons. The SMILES string of the molecule is Cc1ccc(C(C)C)c(OCC(=O)Nc2nnc(SCc3ccccc3F)s2)c1. The number of carbonyl (C=O) groups excluding carboxylic acids is 1. The third-order valence-corrected chi connectivity index (χ3v) is 6.13. The lowest BCUT2D eigenvalue weighted by atomic mass is 10.0. The van der Waals surface area contributed by atoms with Crippen molar-refractivity contribution >= 4 is 34.1 Å². The van der Waals surface area contributed by atoms with Crippen molar-refractivity contribution in [1.82, 2.24) is 10.2 Å². The largest absolute Gasteiger partial charge is 0.483 e. The number of benzene rings is 2. The second-order valence-electron chi connectivity index (χ2n) is 6.79. The lowest BCUT2D eigenvalue weighted by Crippen LogP contribution is -2.20. The summed E-state index contributed by atoms with van der Waals surface area (Å²) in [6.07, 6.45) is 0. The number of thioether (sulfide) groups is 1. The van der Waals surface area contributed by atoms with Gasteiger partial charge < -0.3 is 4.74 Å². The molecule has 8 heteroatoms. The van der Waals surface area contributed by atoms with Crippen molar-refractivity contribution in [1.29, 1.82) is 0 Å². The molecule has 0 unspecified atom stereocenters. The molecule has 3 rings (SSSR count). The first-order chi connectivity index (χ1) is 13.9. The molecule has 29 heavy (non-hydrogen) atoms. The van der Waals surface area contributed by atoms with Crippen molar-refractivity contribution in [3.8, 4) is 5.75 Å². The summed E-state index contributed by atoms with van der Waals surface area (Å²) in [5.41, 5.74) is 2.74. The summed E-state index contributed by atoms with van der Waals surface area (Å²) in [5.74, 6) is 0.915. The van der Waals surface area contributed by atoms with Gasteiger partial charge in [0.25, 0.3) is 5.91 Å². The number of halogens is 1. The van der Waals surface area contributed by atoms with Gasteiger partial charge in [0.05, 0.1) is 0 Å². The van der Waals surface area contributed by atoms with Gasteiger partial charge in [0, 0.05) is 5.75 Å². The summed E-state index contributed by atoms with van der Waals surface area (Å²) >= 11 is 2.62. The highest BCUT2D eigenvalue weighted by Crippen LogP contribution is 2.29. The average Bonchev–Trinajstić information content (AvgIpc) is 3.13. The first-order valence-electron chi connectivity index (χ1n) is 9.15. The van der Waals surface area contributed by atoms with E-state index in [-0.39, 0.29) is 18.3 Å². The zero-order valence-electron chi connectivity index (χ0n) is 16.4. The van der Waals surface area contributed by atoms with E-state index in [4.69, 9.17) is 4.74 Å². The lowest BCUT2D eigenvalue weighted by Gasteiger charge is -2.14. The van der Waals surface area contributed by atoms with Gasteiger partial charge in [-0.2, -0.15) is 0 Å². The van der Waals surface area contributed by atoms with Gasteiger partial charge in [-0.25, -0.2) is 4.39 Å². The predicted molar refractivity (Wildman–Crippen MR) is 115 cm³/mol. The van der Waals surface area contributed by atoms with Crippen LogP contribution in [0.3, 0.4) is 0 Å². The number of aryl methyl sites for hydroxylation is 1. The van der Waals surface area contributed by atoms with Crippen LogP contribution in [0.25, 0.3) is 0 Å². The van der Waals surface area contributed by atoms with Crippen LogP contribution in [0.4, 0.5) is 9.52 Å². The number of hydrogen-bond acceptors (Lipinski definition) is 6. The van der Waals surface area contributed by atoms with Crippen LogP contribution in [-0.4, -0.2) is 22.7 Å². The molecule has 0 aliphatic rings. The molecule has 1 heterocycles. The van der Waals surface area contributed by atoms with Crippen LogP contribution in [-0.2, 0) is 10.5 Å². The predicted octanol–water partition coefficient (Wildman–Crippen LogP) is 5.42. The van der Waals surface area contributed by atoms with E-state index in [0.717, 1.165) is 11.1 Å². The highest BCUT2D eigenvalue weighted by atomic mass is 32.2. The molecule has 2 aromatic carbocycles. The molecular weight excluding hydrogens is 409 g/mol. The Balaban J connectivity index is 1.53. The van der Waals surface area contributed by atoms with Crippen LogP contribution in [0, 0.1) is 12.7 Å². The van der Waals surface area contributed by atoms with Crippen LogP contribution in [0.5, 0.6) is 5.75 Å². The number of hydrogen-bond donors (Lipinski definition) is 1. The van der Waals surface area contributed by atoms with Gasteiger partial charge in [0.15, 0.2) is 10.9 Å². The third kappa shape index (κ3) is 6.01. The van der Waals surface area contributed by atoms with Crippen molar-refractivity contribution in [3.63, 3.8) is 0 Å². The van der Waals surface area contributed by atoms with E-state index in [0.29, 0.717) is 32.5 Å². The fourth-order valence-corrected chi connectivity index (χ4v) is 4.37. The molecule has 0 radical (unpaired) electrons. The van der Waals surface area contributed by atoms with Crippen molar-refractivity contribution in [2.45, 2.75) is 36.8 Å². The Morgan fingerprint density at radius 3 is 2.79 bits per heavy atom. The van der Waals surface area contributed by atoms with Gasteiger partial charge in [0.1, 0.15) is 11.6 Å². The van der Waals surface area contributed by atoms with Gasteiger partial charge in [0.2, 0.25) is 5.13 Å². The number of anilines is 1. The zero-order valence-corrected chi connectivity index (χ0v) is 18.1. The van der Waals surface area contributed by atoms with Crippen molar-refractivity contribution in [3.05, 3.63) is 65.0 Å². The summed E-state index contributed by atoms with van der Waals surface area (Å²) in [6, 6.07) is 12.6. The highest BCUT2D eigenvalue weighted by Gasteiger charge is 2.13. The van der Waals surface area contributed by atoms with Crippen molar-refractivity contribution in [2.24, 2.45) is 0 Å². The van der Waals surface area contributed by atoms with E-state index in [9.17, 15) is 9.18 Å². The summed E-state index contributed by atoms with van der Waals surface area (Å²) in [5, 5.41) is 11.1. The molecule has 0 aliphatic heterocycles. The summed E-state index contributed by atoms with van der Waals surface area (Å²) in [6.45, 7) is 6.04. The number of ether oxygens (including phenoxy) is 1. The molecule has 0 saturated heterocycles. The first-order valence-corrected chi connectivity index (χ1v) is 11.0. The molecule has 3 aromatic rings. The smallest absolute Gasteiger partial charge is 0.264 e. The average molecular weight is 432 g/mol. The maximum Gasteiger partial charge on any atom is 0.264 e. The van der Waals surface area contributed by atoms with Crippen LogP contribution >= 0.6 is 23.1 Å². The Kier molecular flexibility index (Phi) is 7.22. The number of nitrogens with one attached hydrogen (secondary N) is 1. The van der Waals surface area contributed by atoms with Crippen LogP contribution in [0.1, 0.15) is 36.5 Å². The standard InChI is InChI=1S/C21H22FN3O2S2/c1-13(2)16-9-8-14(3)10-18(16)27-11-19(26)23-20-24-25-21(29-20)28-12-15-6-4-5-7-17(15)22/h4-10,13H,11-12H2,1-3H3,(H,23,24,26). The van der Waals surface area contributed by atoms with Gasteiger partial charge >= 0.3 is 0 Å². The fraction of sp³-hybridized carbons (Fsp3) is 0.286. The fourth-order valence-electron chi connectivity index (χ4n) is 2.62. The molecule has 0 fully saturated rings. The molecule has 0 atom stereocenters. The molecule has 0 saturated carbocycles. The Morgan fingerprint density at radius 1 is 1.24 bits per heavy atom. The van der Waals surface area contributed by atoms with Crippen molar-refractivity contribution in [2.75, 3.05) is 11.9 Å². The number of carbonyl (C=O) groups is 1. The maximum absolute atomic E-state index is 13.7. The number of rotatable bonds is 8. The monoisotopic (exact) mass is 431 g/mol. The number of nitrogens with zero attached hydrogens (tertiary/aromatic N) is 2. The van der Waals surface area contributed by atoms with E-state index < -0.39 is 0 Å². The second kappa shape index (κ2) is 9.84. The van der Waals surface area contributed by atoms with Crippen LogP contribution in [0.15, 0.2) is 46.8 Å². The Bertz CT molecular complexity index is 992. The maximum atomic E-state index is 13.7. The number of aromatic nitrogens is 2. The summed E-state index contributed by atoms with van der Waals surface area (Å²) < 4.78 is 20.1. The Labute approximate surface area is 177 Å². The van der Waals surface area contributed by atoms with Crippen molar-refractivity contribution < 1.29 is 13.9 Å². The Morgan fingerprint density at radius 2 is 2.03 bits per heavy atom. The molecule has 0 bridgehead atoms. The molecule has 0 aliphatic carbocycles.